The summed E-state index contributed by atoms with van der Waals surface area (Å²) >= 11 is 0. The summed E-state index contributed by atoms with van der Waals surface area (Å²) in [6, 6.07) is 0. The minimum absolute atomic E-state index is 0.0867. The van der Waals surface area contributed by atoms with Crippen molar-refractivity contribution in [2.45, 2.75) is 24.3 Å². The molecule has 2 heterocycles. The van der Waals surface area contributed by atoms with Crippen LogP contribution < -0.4 is 5.73 Å². The van der Waals surface area contributed by atoms with Crippen LogP contribution in [-0.2, 0) is 10.0 Å². The van der Waals surface area contributed by atoms with E-state index in [4.69, 9.17) is 11.1 Å². The highest BCUT2D eigenvalue weighted by Crippen LogP contribution is 2.20. The molecule has 0 aliphatic carbocycles. The van der Waals surface area contributed by atoms with E-state index >= 15 is 0 Å². The van der Waals surface area contributed by atoms with Gasteiger partial charge >= 0.3 is 0 Å². The van der Waals surface area contributed by atoms with Gasteiger partial charge in [0.1, 0.15) is 10.7 Å². The van der Waals surface area contributed by atoms with E-state index in [1.165, 1.54) is 16.7 Å². The first kappa shape index (κ1) is 14.9. The van der Waals surface area contributed by atoms with Gasteiger partial charge in [0.05, 0.1) is 11.7 Å². The van der Waals surface area contributed by atoms with Crippen LogP contribution in [0.25, 0.3) is 0 Å². The summed E-state index contributed by atoms with van der Waals surface area (Å²) in [7, 11) is -3.48. The van der Waals surface area contributed by atoms with Crippen LogP contribution in [0.2, 0.25) is 0 Å². The van der Waals surface area contributed by atoms with Gasteiger partial charge in [0.15, 0.2) is 0 Å². The summed E-state index contributed by atoms with van der Waals surface area (Å²) < 4.78 is 26.1. The summed E-state index contributed by atoms with van der Waals surface area (Å²) in [5, 5.41) is 13.8. The van der Waals surface area contributed by atoms with E-state index in [0.717, 1.165) is 0 Å². The molecule has 9 heteroatoms. The van der Waals surface area contributed by atoms with Crippen molar-refractivity contribution in [3.05, 3.63) is 12.4 Å². The number of hydrogen-bond donors (Lipinski definition) is 3. The topological polar surface area (TPSA) is 119 Å². The van der Waals surface area contributed by atoms with Gasteiger partial charge in [0.2, 0.25) is 10.0 Å². The average Bonchev–Trinajstić information content (AvgIpc) is 2.93. The Morgan fingerprint density at radius 1 is 1.40 bits per heavy atom. The highest BCUT2D eigenvalue weighted by molar-refractivity contribution is 7.89. The van der Waals surface area contributed by atoms with E-state index in [1.54, 1.807) is 0 Å². The van der Waals surface area contributed by atoms with Gasteiger partial charge in [-0.2, -0.15) is 9.40 Å². The van der Waals surface area contributed by atoms with Crippen molar-refractivity contribution in [1.29, 1.82) is 5.41 Å². The molecule has 0 amide bonds. The molecule has 0 atom stereocenters. The van der Waals surface area contributed by atoms with Crippen molar-refractivity contribution in [3.8, 4) is 0 Å². The molecule has 2 rings (SSSR count). The molecule has 4 N–H and O–H groups in total. The van der Waals surface area contributed by atoms with Crippen molar-refractivity contribution in [1.82, 2.24) is 19.4 Å². The molecule has 1 aromatic rings. The monoisotopic (exact) mass is 300 g/mol. The Labute approximate surface area is 118 Å². The fraction of sp³-hybridized carbons (Fsp3) is 0.636. The molecule has 0 saturated carbocycles. The third-order valence-corrected chi connectivity index (χ3v) is 5.66. The van der Waals surface area contributed by atoms with Gasteiger partial charge in [0, 0.05) is 32.4 Å². The second-order valence-electron chi connectivity index (χ2n) is 5.30. The average molecular weight is 300 g/mol. The Morgan fingerprint density at radius 2 is 2.00 bits per heavy atom. The molecule has 0 unspecified atom stereocenters. The maximum Gasteiger partial charge on any atom is 0.246 e. The van der Waals surface area contributed by atoms with Crippen molar-refractivity contribution in [2.75, 3.05) is 26.2 Å². The zero-order chi connectivity index (χ0) is 15.0. The Kier molecular flexibility index (Phi) is 3.85. The number of aromatic nitrogens is 2. The SMILES string of the molecule is CC(C)(C(=N)N)N1CCN(S(=O)(=O)c2cn[nH]c2)CC1. The number of rotatable bonds is 4. The largest absolute Gasteiger partial charge is 0.386 e. The summed E-state index contributed by atoms with van der Waals surface area (Å²) in [6.07, 6.45) is 2.68. The second-order valence-corrected chi connectivity index (χ2v) is 7.24. The van der Waals surface area contributed by atoms with Crippen LogP contribution in [0.3, 0.4) is 0 Å². The lowest BCUT2D eigenvalue weighted by Gasteiger charge is -2.42. The van der Waals surface area contributed by atoms with Crippen LogP contribution in [0, 0.1) is 5.41 Å². The first-order valence-corrected chi connectivity index (χ1v) is 7.79. The van der Waals surface area contributed by atoms with Crippen molar-refractivity contribution >= 4 is 15.9 Å². The number of nitrogens with one attached hydrogen (secondary N) is 2. The number of nitrogens with zero attached hydrogens (tertiary/aromatic N) is 3. The Bertz CT molecular complexity index is 572. The van der Waals surface area contributed by atoms with Gasteiger partial charge in [-0.15, -0.1) is 0 Å². The number of amidine groups is 1. The van der Waals surface area contributed by atoms with Gasteiger partial charge in [-0.25, -0.2) is 8.42 Å². The van der Waals surface area contributed by atoms with Gasteiger partial charge in [-0.3, -0.25) is 15.4 Å². The van der Waals surface area contributed by atoms with Crippen molar-refractivity contribution < 1.29 is 8.42 Å². The van der Waals surface area contributed by atoms with Crippen LogP contribution in [0.4, 0.5) is 0 Å². The van der Waals surface area contributed by atoms with Crippen LogP contribution >= 0.6 is 0 Å². The fourth-order valence-electron chi connectivity index (χ4n) is 2.19. The maximum atomic E-state index is 12.3. The zero-order valence-electron chi connectivity index (χ0n) is 11.6. The van der Waals surface area contributed by atoms with Gasteiger partial charge in [0.25, 0.3) is 0 Å². The normalized spacial score (nSPS) is 19.1. The lowest BCUT2D eigenvalue weighted by molar-refractivity contribution is 0.121. The van der Waals surface area contributed by atoms with Crippen molar-refractivity contribution in [2.24, 2.45) is 5.73 Å². The first-order valence-electron chi connectivity index (χ1n) is 6.35. The van der Waals surface area contributed by atoms with Crippen LogP contribution in [0.5, 0.6) is 0 Å². The standard InChI is InChI=1S/C11H20N6O2S/c1-11(2,10(12)13)16-3-5-17(6-4-16)20(18,19)9-7-14-15-8-9/h7-8H,3-6H2,1-2H3,(H3,12,13)(H,14,15). The highest BCUT2D eigenvalue weighted by atomic mass is 32.2. The minimum Gasteiger partial charge on any atom is -0.386 e. The van der Waals surface area contributed by atoms with Crippen molar-refractivity contribution in [3.63, 3.8) is 0 Å². The molecule has 1 fully saturated rings. The predicted molar refractivity (Wildman–Crippen MR) is 74.9 cm³/mol. The number of nitrogens with two attached hydrogens (primary N) is 1. The minimum atomic E-state index is -3.48. The van der Waals surface area contributed by atoms with Crippen LogP contribution in [0.1, 0.15) is 13.8 Å². The molecule has 0 radical (unpaired) electrons. The van der Waals surface area contributed by atoms with E-state index in [9.17, 15) is 8.42 Å². The fourth-order valence-corrected chi connectivity index (χ4v) is 3.52. The van der Waals surface area contributed by atoms with Gasteiger partial charge in [-0.1, -0.05) is 0 Å². The number of aromatic amines is 1. The first-order chi connectivity index (χ1) is 9.26. The van der Waals surface area contributed by atoms with E-state index in [1.807, 2.05) is 18.7 Å². The quantitative estimate of drug-likeness (QED) is 0.508. The Balaban J connectivity index is 2.07. The maximum absolute atomic E-state index is 12.3. The molecule has 1 aliphatic heterocycles. The molecule has 0 spiro atoms. The van der Waals surface area contributed by atoms with E-state index in [0.29, 0.717) is 26.2 Å². The number of sulfonamides is 1. The molecular formula is C11H20N6O2S. The smallest absolute Gasteiger partial charge is 0.246 e. The summed E-state index contributed by atoms with van der Waals surface area (Å²) in [5.41, 5.74) is 5.05. The molecule has 1 aromatic heterocycles. The Morgan fingerprint density at radius 3 is 2.45 bits per heavy atom. The molecule has 1 saturated heterocycles. The van der Waals surface area contributed by atoms with E-state index in [2.05, 4.69) is 10.2 Å². The molecule has 0 bridgehead atoms. The summed E-state index contributed by atoms with van der Waals surface area (Å²) in [5.74, 6) is 0.0867. The zero-order valence-corrected chi connectivity index (χ0v) is 12.4. The molecule has 1 aliphatic rings. The summed E-state index contributed by atoms with van der Waals surface area (Å²) in [4.78, 5) is 2.20. The number of hydrogen-bond acceptors (Lipinski definition) is 5. The third kappa shape index (κ3) is 2.56. The summed E-state index contributed by atoms with van der Waals surface area (Å²) in [6.45, 7) is 5.59. The number of H-pyrrole nitrogens is 1. The van der Waals surface area contributed by atoms with E-state index in [-0.39, 0.29) is 10.7 Å². The number of piperazine rings is 1. The predicted octanol–water partition coefficient (Wildman–Crippen LogP) is -0.569. The van der Waals surface area contributed by atoms with Gasteiger partial charge in [-0.05, 0) is 13.8 Å². The molecule has 20 heavy (non-hydrogen) atoms. The highest BCUT2D eigenvalue weighted by Gasteiger charge is 2.36. The van der Waals surface area contributed by atoms with E-state index < -0.39 is 15.6 Å². The molecule has 112 valence electrons. The lowest BCUT2D eigenvalue weighted by atomic mass is 10.0. The van der Waals surface area contributed by atoms with Crippen LogP contribution in [0.15, 0.2) is 17.3 Å². The lowest BCUT2D eigenvalue weighted by Crippen LogP contribution is -2.60. The molecule has 8 nitrogen and oxygen atoms in total. The third-order valence-electron chi connectivity index (χ3n) is 3.80. The van der Waals surface area contributed by atoms with Crippen LogP contribution in [-0.4, -0.2) is 65.4 Å². The van der Waals surface area contributed by atoms with Gasteiger partial charge < -0.3 is 5.73 Å². The Hall–Kier alpha value is -1.45. The molecular weight excluding hydrogens is 280 g/mol. The molecule has 0 aromatic carbocycles. The second kappa shape index (κ2) is 5.15.